The van der Waals surface area contributed by atoms with Crippen LogP contribution >= 0.6 is 0 Å². The Kier molecular flexibility index (Phi) is 3.42. The van der Waals surface area contributed by atoms with Gasteiger partial charge >= 0.3 is 18.9 Å². The van der Waals surface area contributed by atoms with Crippen LogP contribution in [0.25, 0.3) is 0 Å². The summed E-state index contributed by atoms with van der Waals surface area (Å²) in [5.41, 5.74) is 0. The second kappa shape index (κ2) is 3.29. The summed E-state index contributed by atoms with van der Waals surface area (Å²) in [6.45, 7) is 0. The summed E-state index contributed by atoms with van der Waals surface area (Å²) in [4.78, 5) is 10.2. The van der Waals surface area contributed by atoms with Gasteiger partial charge in [0, 0.05) is 12.8 Å². The molecule has 0 heterocycles. The van der Waals surface area contributed by atoms with E-state index < -0.39 is 0 Å². The third-order valence-electron chi connectivity index (χ3n) is 1.16. The van der Waals surface area contributed by atoms with Crippen molar-refractivity contribution in [1.29, 1.82) is 0 Å². The van der Waals surface area contributed by atoms with E-state index in [4.69, 9.17) is 0 Å². The van der Waals surface area contributed by atoms with Gasteiger partial charge in [0.05, 0.1) is 0 Å². The van der Waals surface area contributed by atoms with Crippen LogP contribution in [0.1, 0.15) is 25.7 Å². The first-order chi connectivity index (χ1) is 2.89. The Morgan fingerprint density at radius 2 is 1.57 bits per heavy atom. The van der Waals surface area contributed by atoms with E-state index in [-0.39, 0.29) is 18.9 Å². The summed E-state index contributed by atoms with van der Waals surface area (Å²) in [6, 6.07) is 0. The average Bonchev–Trinajstić information content (AvgIpc) is 1.86. The minimum absolute atomic E-state index is 0. The van der Waals surface area contributed by atoms with Crippen LogP contribution in [-0.4, -0.2) is 24.6 Å². The van der Waals surface area contributed by atoms with Crippen molar-refractivity contribution in [2.75, 3.05) is 0 Å². The summed E-state index contributed by atoms with van der Waals surface area (Å²) in [5.74, 6) is 0.454. The summed E-state index contributed by atoms with van der Waals surface area (Å²) < 4.78 is 0. The molecule has 0 N–H and O–H groups in total. The summed E-state index contributed by atoms with van der Waals surface area (Å²) in [7, 11) is 0. The van der Waals surface area contributed by atoms with Crippen molar-refractivity contribution in [2.45, 2.75) is 25.7 Å². The van der Waals surface area contributed by atoms with Crippen molar-refractivity contribution >= 4 is 24.6 Å². The van der Waals surface area contributed by atoms with Gasteiger partial charge in [0.2, 0.25) is 0 Å². The Bertz CT molecular complexity index is 62.5. The van der Waals surface area contributed by atoms with E-state index in [9.17, 15) is 4.79 Å². The van der Waals surface area contributed by atoms with E-state index in [0.717, 1.165) is 25.7 Å². The number of ketones is 1. The Morgan fingerprint density at radius 3 is 1.71 bits per heavy atom. The van der Waals surface area contributed by atoms with Gasteiger partial charge in [-0.2, -0.15) is 0 Å². The van der Waals surface area contributed by atoms with Crippen molar-refractivity contribution in [2.24, 2.45) is 0 Å². The molecular weight excluding hydrogens is 83.0 g/mol. The zero-order valence-electron chi connectivity index (χ0n) is 3.74. The second-order valence-corrected chi connectivity index (χ2v) is 1.75. The molecule has 0 aromatic carbocycles. The molecule has 0 aliphatic heterocycles. The average molecular weight is 92.1 g/mol. The molecule has 2 heteroatoms. The molecule has 0 aromatic rings. The molecule has 0 radical (unpaired) electrons. The molecule has 1 nitrogen and oxygen atoms in total. The maximum absolute atomic E-state index is 10.2. The quantitative estimate of drug-likeness (QED) is 0.397. The van der Waals surface area contributed by atoms with Crippen LogP contribution in [0, 0.1) is 0 Å². The summed E-state index contributed by atoms with van der Waals surface area (Å²) >= 11 is 0. The van der Waals surface area contributed by atoms with Crippen LogP contribution in [0.5, 0.6) is 0 Å². The van der Waals surface area contributed by atoms with E-state index in [0.29, 0.717) is 5.78 Å². The SMILES string of the molecule is O=C1CCCC1.[LiH]. The molecule has 7 heavy (non-hydrogen) atoms. The van der Waals surface area contributed by atoms with Crippen molar-refractivity contribution in [3.05, 3.63) is 0 Å². The van der Waals surface area contributed by atoms with Gasteiger partial charge in [-0.15, -0.1) is 0 Å². The zero-order valence-corrected chi connectivity index (χ0v) is 3.74. The van der Waals surface area contributed by atoms with Crippen LogP contribution in [0.15, 0.2) is 0 Å². The molecule has 1 fully saturated rings. The van der Waals surface area contributed by atoms with E-state index in [1.54, 1.807) is 0 Å². The van der Waals surface area contributed by atoms with Gasteiger partial charge in [-0.1, -0.05) is 0 Å². The third kappa shape index (κ3) is 2.16. The van der Waals surface area contributed by atoms with Gasteiger partial charge in [-0.05, 0) is 12.8 Å². The molecule has 0 saturated heterocycles. The molecule has 0 amide bonds. The number of carbonyl (C=O) groups is 1. The van der Waals surface area contributed by atoms with Crippen molar-refractivity contribution < 1.29 is 4.79 Å². The number of rotatable bonds is 0. The fraction of sp³-hybridized carbons (Fsp3) is 0.800. The summed E-state index contributed by atoms with van der Waals surface area (Å²) in [5, 5.41) is 0. The van der Waals surface area contributed by atoms with E-state index >= 15 is 0 Å². The molecule has 1 rings (SSSR count). The third-order valence-corrected chi connectivity index (χ3v) is 1.16. The second-order valence-electron chi connectivity index (χ2n) is 1.75. The Labute approximate surface area is 55.7 Å². The Morgan fingerprint density at radius 1 is 1.14 bits per heavy atom. The van der Waals surface area contributed by atoms with E-state index in [2.05, 4.69) is 0 Å². The van der Waals surface area contributed by atoms with Crippen molar-refractivity contribution in [3.63, 3.8) is 0 Å². The first-order valence-electron chi connectivity index (χ1n) is 2.41. The molecule has 1 aliphatic rings. The van der Waals surface area contributed by atoms with Crippen LogP contribution in [0.3, 0.4) is 0 Å². The first kappa shape index (κ1) is 7.27. The molecule has 0 bridgehead atoms. The molecule has 1 saturated carbocycles. The van der Waals surface area contributed by atoms with Gasteiger partial charge < -0.3 is 0 Å². The van der Waals surface area contributed by atoms with Crippen LogP contribution in [0.4, 0.5) is 0 Å². The van der Waals surface area contributed by atoms with Crippen LogP contribution < -0.4 is 0 Å². The van der Waals surface area contributed by atoms with Crippen molar-refractivity contribution in [1.82, 2.24) is 0 Å². The standard InChI is InChI=1S/C5H8O.Li.H/c6-5-3-1-2-4-5;;/h1-4H2;;. The fourth-order valence-corrected chi connectivity index (χ4v) is 0.769. The van der Waals surface area contributed by atoms with Crippen LogP contribution in [0.2, 0.25) is 0 Å². The van der Waals surface area contributed by atoms with Gasteiger partial charge in [0.25, 0.3) is 0 Å². The predicted molar refractivity (Wildman–Crippen MR) is 30.6 cm³/mol. The molecular formula is C5H9LiO. The van der Waals surface area contributed by atoms with Gasteiger partial charge in [0.15, 0.2) is 0 Å². The maximum atomic E-state index is 10.2. The van der Waals surface area contributed by atoms with Crippen LogP contribution in [-0.2, 0) is 4.79 Å². The molecule has 36 valence electrons. The van der Waals surface area contributed by atoms with Gasteiger partial charge in [-0.3, -0.25) is 4.79 Å². The molecule has 0 atom stereocenters. The fourth-order valence-electron chi connectivity index (χ4n) is 0.769. The minimum atomic E-state index is 0. The number of Topliss-reactive ketones (excluding diaryl/α,β-unsaturated/α-hetero) is 1. The normalized spacial score (nSPS) is 19.1. The van der Waals surface area contributed by atoms with Gasteiger partial charge in [0.1, 0.15) is 5.78 Å². The number of hydrogen-bond acceptors (Lipinski definition) is 1. The van der Waals surface area contributed by atoms with Gasteiger partial charge in [-0.25, -0.2) is 0 Å². The van der Waals surface area contributed by atoms with E-state index in [1.165, 1.54) is 0 Å². The number of carbonyl (C=O) groups excluding carboxylic acids is 1. The van der Waals surface area contributed by atoms with E-state index in [1.807, 2.05) is 0 Å². The zero-order chi connectivity index (χ0) is 4.41. The predicted octanol–water partition coefficient (Wildman–Crippen LogP) is 0.481. The molecule has 0 unspecified atom stereocenters. The number of hydrogen-bond donors (Lipinski definition) is 0. The monoisotopic (exact) mass is 92.1 g/mol. The first-order valence-corrected chi connectivity index (χ1v) is 2.41. The Hall–Kier alpha value is 0.267. The molecule has 0 aromatic heterocycles. The van der Waals surface area contributed by atoms with Crippen molar-refractivity contribution in [3.8, 4) is 0 Å². The topological polar surface area (TPSA) is 17.1 Å². The molecule has 0 spiro atoms. The Balaban J connectivity index is 0.000000360. The molecule has 1 aliphatic carbocycles. The summed E-state index contributed by atoms with van der Waals surface area (Å²) in [6.07, 6.45) is 3.97.